The van der Waals surface area contributed by atoms with Crippen molar-refractivity contribution in [2.75, 3.05) is 6.61 Å². The molecule has 9 heteroatoms. The predicted molar refractivity (Wildman–Crippen MR) is 105 cm³/mol. The van der Waals surface area contributed by atoms with E-state index in [0.717, 1.165) is 37.1 Å². The van der Waals surface area contributed by atoms with Gasteiger partial charge in [-0.05, 0) is 43.9 Å². The van der Waals surface area contributed by atoms with Crippen molar-refractivity contribution in [3.8, 4) is 5.88 Å². The van der Waals surface area contributed by atoms with Crippen molar-refractivity contribution in [1.29, 1.82) is 0 Å². The molecule has 1 aromatic heterocycles. The van der Waals surface area contributed by atoms with E-state index in [1.807, 2.05) is 6.92 Å². The molecule has 6 nitrogen and oxygen atoms in total. The molecule has 2 aromatic rings. The molecule has 3 fully saturated rings. The monoisotopic (exact) mass is 430 g/mol. The SMILES string of the molecule is Cc1cnc(OCC23CC(C(=O)N4N=CCC4c4ccc(C(F)(F)F)cc4)(C2)C3)cn1. The molecule has 3 aliphatic carbocycles. The maximum atomic E-state index is 13.2. The lowest BCUT2D eigenvalue weighted by Crippen LogP contribution is -2.69. The third-order valence-corrected chi connectivity index (χ3v) is 6.54. The molecule has 0 N–H and O–H groups in total. The number of hydrogen-bond acceptors (Lipinski definition) is 5. The van der Waals surface area contributed by atoms with Gasteiger partial charge in [0.2, 0.25) is 11.8 Å². The van der Waals surface area contributed by atoms with Crippen LogP contribution in [0.1, 0.15) is 48.5 Å². The van der Waals surface area contributed by atoms with Gasteiger partial charge in [0.25, 0.3) is 0 Å². The van der Waals surface area contributed by atoms with Crippen LogP contribution in [0.25, 0.3) is 0 Å². The van der Waals surface area contributed by atoms with Crippen LogP contribution >= 0.6 is 0 Å². The van der Waals surface area contributed by atoms with E-state index in [-0.39, 0.29) is 17.4 Å². The first-order valence-corrected chi connectivity index (χ1v) is 10.1. The van der Waals surface area contributed by atoms with Crippen LogP contribution in [0.5, 0.6) is 5.88 Å². The highest BCUT2D eigenvalue weighted by Gasteiger charge is 2.73. The summed E-state index contributed by atoms with van der Waals surface area (Å²) in [5.41, 5.74) is 0.314. The van der Waals surface area contributed by atoms with Crippen molar-refractivity contribution in [2.24, 2.45) is 15.9 Å². The maximum Gasteiger partial charge on any atom is 0.416 e. The summed E-state index contributed by atoms with van der Waals surface area (Å²) in [6.07, 6.45) is 3.18. The van der Waals surface area contributed by atoms with Gasteiger partial charge in [-0.1, -0.05) is 12.1 Å². The van der Waals surface area contributed by atoms with Crippen molar-refractivity contribution in [1.82, 2.24) is 15.0 Å². The molecule has 31 heavy (non-hydrogen) atoms. The lowest BCUT2D eigenvalue weighted by Gasteiger charge is -2.69. The number of nitrogens with zero attached hydrogens (tertiary/aromatic N) is 4. The van der Waals surface area contributed by atoms with Crippen molar-refractivity contribution in [3.63, 3.8) is 0 Å². The molecule has 162 valence electrons. The number of rotatable bonds is 5. The predicted octanol–water partition coefficient (Wildman–Crippen LogP) is 4.31. The molecule has 3 saturated carbocycles. The first-order chi connectivity index (χ1) is 14.7. The van der Waals surface area contributed by atoms with Crippen molar-refractivity contribution >= 4 is 12.1 Å². The minimum Gasteiger partial charge on any atom is -0.476 e. The molecule has 1 amide bonds. The van der Waals surface area contributed by atoms with Gasteiger partial charge in [0.05, 0.1) is 41.7 Å². The normalized spacial score (nSPS) is 28.8. The quantitative estimate of drug-likeness (QED) is 0.709. The van der Waals surface area contributed by atoms with Gasteiger partial charge < -0.3 is 4.74 Å². The van der Waals surface area contributed by atoms with Gasteiger partial charge in [0.15, 0.2) is 0 Å². The van der Waals surface area contributed by atoms with Crippen LogP contribution in [0.15, 0.2) is 41.8 Å². The summed E-state index contributed by atoms with van der Waals surface area (Å²) in [5.74, 6) is 0.422. The van der Waals surface area contributed by atoms with E-state index in [2.05, 4.69) is 15.1 Å². The zero-order chi connectivity index (χ0) is 21.9. The number of benzene rings is 1. The zero-order valence-electron chi connectivity index (χ0n) is 16.9. The Balaban J connectivity index is 1.21. The van der Waals surface area contributed by atoms with E-state index in [4.69, 9.17) is 4.74 Å². The third kappa shape index (κ3) is 3.36. The molecule has 0 spiro atoms. The molecule has 0 saturated heterocycles. The molecular formula is C22H21F3N4O2. The lowest BCUT2D eigenvalue weighted by atomic mass is 9.35. The number of hydrazone groups is 1. The number of alkyl halides is 3. The Morgan fingerprint density at radius 3 is 2.48 bits per heavy atom. The van der Waals surface area contributed by atoms with Gasteiger partial charge in [0, 0.05) is 18.1 Å². The second-order valence-corrected chi connectivity index (χ2v) is 8.91. The topological polar surface area (TPSA) is 67.7 Å². The molecular weight excluding hydrogens is 409 g/mol. The second kappa shape index (κ2) is 6.77. The zero-order valence-corrected chi connectivity index (χ0v) is 16.9. The van der Waals surface area contributed by atoms with Crippen molar-refractivity contribution < 1.29 is 22.7 Å². The maximum absolute atomic E-state index is 13.2. The highest BCUT2D eigenvalue weighted by molar-refractivity contribution is 5.88. The standard InChI is InChI=1S/C22H21F3N4O2/c1-14-8-27-18(9-26-14)31-13-20-10-21(11-20,12-20)19(30)29-17(6-7-28-29)15-2-4-16(5-3-15)22(23,24)25/h2-5,7-9,17H,6,10-13H2,1H3. The number of halogens is 3. The van der Waals surface area contributed by atoms with E-state index in [0.29, 0.717) is 24.5 Å². The first kappa shape index (κ1) is 20.0. The Labute approximate surface area is 177 Å². The number of amides is 1. The van der Waals surface area contributed by atoms with Crippen molar-refractivity contribution in [3.05, 3.63) is 53.5 Å². The van der Waals surface area contributed by atoms with E-state index in [1.54, 1.807) is 18.6 Å². The number of carbonyl (C=O) groups is 1. The molecule has 2 bridgehead atoms. The summed E-state index contributed by atoms with van der Waals surface area (Å²) >= 11 is 0. The lowest BCUT2D eigenvalue weighted by molar-refractivity contribution is -0.227. The number of ether oxygens (including phenoxy) is 1. The summed E-state index contributed by atoms with van der Waals surface area (Å²) in [5, 5.41) is 5.71. The fraction of sp³-hybridized carbons (Fsp3) is 0.455. The van der Waals surface area contributed by atoms with Gasteiger partial charge >= 0.3 is 6.18 Å². The molecule has 1 aliphatic heterocycles. The first-order valence-electron chi connectivity index (χ1n) is 10.1. The smallest absolute Gasteiger partial charge is 0.416 e. The van der Waals surface area contributed by atoms with Crippen LogP contribution in [0.4, 0.5) is 13.2 Å². The van der Waals surface area contributed by atoms with Gasteiger partial charge in [-0.15, -0.1) is 0 Å². The van der Waals surface area contributed by atoms with Crippen LogP contribution in [0.2, 0.25) is 0 Å². The van der Waals surface area contributed by atoms with Crippen LogP contribution in [-0.4, -0.2) is 33.7 Å². The van der Waals surface area contributed by atoms with Gasteiger partial charge in [0.1, 0.15) is 0 Å². The molecule has 1 atom stereocenters. The van der Waals surface area contributed by atoms with E-state index in [1.165, 1.54) is 17.1 Å². The van der Waals surface area contributed by atoms with E-state index >= 15 is 0 Å². The summed E-state index contributed by atoms with van der Waals surface area (Å²) in [6.45, 7) is 2.34. The largest absolute Gasteiger partial charge is 0.476 e. The van der Waals surface area contributed by atoms with Crippen molar-refractivity contribution in [2.45, 2.75) is 44.8 Å². The fourth-order valence-electron chi connectivity index (χ4n) is 5.08. The minimum absolute atomic E-state index is 0.0183. The summed E-state index contributed by atoms with van der Waals surface area (Å²) in [6, 6.07) is 4.61. The molecule has 4 aliphatic rings. The van der Waals surface area contributed by atoms with E-state index in [9.17, 15) is 18.0 Å². The Kier molecular flexibility index (Phi) is 4.36. The number of carbonyl (C=O) groups excluding carboxylic acids is 1. The van der Waals surface area contributed by atoms with Gasteiger partial charge in [-0.25, -0.2) is 9.99 Å². The average Bonchev–Trinajstić information content (AvgIpc) is 3.16. The Bertz CT molecular complexity index is 1010. The summed E-state index contributed by atoms with van der Waals surface area (Å²) in [7, 11) is 0. The third-order valence-electron chi connectivity index (χ3n) is 6.54. The van der Waals surface area contributed by atoms with E-state index < -0.39 is 17.2 Å². The summed E-state index contributed by atoms with van der Waals surface area (Å²) < 4.78 is 44.3. The van der Waals surface area contributed by atoms with Gasteiger partial charge in [-0.2, -0.15) is 18.3 Å². The van der Waals surface area contributed by atoms with Crippen LogP contribution in [0.3, 0.4) is 0 Å². The molecule has 1 unspecified atom stereocenters. The van der Waals surface area contributed by atoms with Crippen LogP contribution < -0.4 is 4.74 Å². The van der Waals surface area contributed by atoms with Crippen LogP contribution in [0, 0.1) is 17.8 Å². The van der Waals surface area contributed by atoms with Gasteiger partial charge in [-0.3, -0.25) is 9.78 Å². The molecule has 0 radical (unpaired) electrons. The average molecular weight is 430 g/mol. The highest BCUT2D eigenvalue weighted by atomic mass is 19.4. The molecule has 1 aromatic carbocycles. The fourth-order valence-corrected chi connectivity index (χ4v) is 5.08. The molecule has 6 rings (SSSR count). The van der Waals surface area contributed by atoms with Crippen LogP contribution in [-0.2, 0) is 11.0 Å². The number of hydrogen-bond donors (Lipinski definition) is 0. The highest BCUT2D eigenvalue weighted by Crippen LogP contribution is 2.74. The minimum atomic E-state index is -4.38. The number of aromatic nitrogens is 2. The number of aryl methyl sites for hydroxylation is 1. The molecule has 2 heterocycles. The Morgan fingerprint density at radius 2 is 1.87 bits per heavy atom. The Morgan fingerprint density at radius 1 is 1.16 bits per heavy atom. The Hall–Kier alpha value is -2.97. The second-order valence-electron chi connectivity index (χ2n) is 8.91. The summed E-state index contributed by atoms with van der Waals surface area (Å²) in [4.78, 5) is 21.6.